The number of thiazole rings is 1. The summed E-state index contributed by atoms with van der Waals surface area (Å²) in [5, 5.41) is 3.23. The molecule has 1 aromatic heterocycles. The van der Waals surface area contributed by atoms with Gasteiger partial charge in [-0.15, -0.1) is 0 Å². The maximum Gasteiger partial charge on any atom is 0.257 e. The molecule has 1 fully saturated rings. The number of piperazine rings is 1. The molecule has 0 bridgehead atoms. The Bertz CT molecular complexity index is 1280. The molecule has 33 heavy (non-hydrogen) atoms. The largest absolute Gasteiger partial charge is 0.340 e. The minimum Gasteiger partial charge on any atom is -0.340 e. The van der Waals surface area contributed by atoms with Crippen molar-refractivity contribution in [1.82, 2.24) is 14.2 Å². The third-order valence-corrected chi connectivity index (χ3v) is 8.49. The molecule has 1 aliphatic rings. The number of sulfonamides is 1. The molecule has 0 radical (unpaired) electrons. The van der Waals surface area contributed by atoms with E-state index < -0.39 is 15.9 Å². The van der Waals surface area contributed by atoms with E-state index in [0.717, 1.165) is 16.1 Å². The highest BCUT2D eigenvalue weighted by Crippen LogP contribution is 2.32. The lowest BCUT2D eigenvalue weighted by atomic mass is 10.2. The number of amides is 2. The first-order chi connectivity index (χ1) is 15.8. The van der Waals surface area contributed by atoms with Gasteiger partial charge in [0, 0.05) is 38.7 Å². The standard InChI is InChI=1S/C23H24N4O4S2/c1-16-21(18-7-4-3-5-8-18)32-23(24-16)25-22(29)19-9-6-10-20(15-19)33(30,31)27-13-11-26(12-14-27)17(2)28/h3-10,15H,11-14H2,1-2H3,(H,24,25,29). The Labute approximate surface area is 196 Å². The van der Waals surface area contributed by atoms with Crippen molar-refractivity contribution in [3.63, 3.8) is 0 Å². The second-order valence-electron chi connectivity index (χ2n) is 7.69. The van der Waals surface area contributed by atoms with Crippen LogP contribution < -0.4 is 5.32 Å². The lowest BCUT2D eigenvalue weighted by molar-refractivity contribution is -0.129. The van der Waals surface area contributed by atoms with E-state index in [1.807, 2.05) is 37.3 Å². The number of nitrogens with one attached hydrogen (secondary N) is 1. The molecule has 1 aliphatic heterocycles. The number of aromatic nitrogens is 1. The highest BCUT2D eigenvalue weighted by atomic mass is 32.2. The summed E-state index contributed by atoms with van der Waals surface area (Å²) in [6, 6.07) is 15.8. The van der Waals surface area contributed by atoms with Gasteiger partial charge in [-0.2, -0.15) is 4.31 Å². The fourth-order valence-electron chi connectivity index (χ4n) is 3.67. The van der Waals surface area contributed by atoms with Crippen LogP contribution in [0.5, 0.6) is 0 Å². The first-order valence-electron chi connectivity index (χ1n) is 10.5. The van der Waals surface area contributed by atoms with E-state index in [2.05, 4.69) is 10.3 Å². The van der Waals surface area contributed by atoms with E-state index in [9.17, 15) is 18.0 Å². The second kappa shape index (κ2) is 9.42. The van der Waals surface area contributed by atoms with Crippen molar-refractivity contribution in [2.24, 2.45) is 0 Å². The van der Waals surface area contributed by atoms with Crippen LogP contribution in [0.2, 0.25) is 0 Å². The number of anilines is 1. The summed E-state index contributed by atoms with van der Waals surface area (Å²) in [5.41, 5.74) is 2.06. The van der Waals surface area contributed by atoms with Crippen molar-refractivity contribution in [1.29, 1.82) is 0 Å². The minimum absolute atomic E-state index is 0.0479. The maximum atomic E-state index is 13.1. The molecule has 8 nitrogen and oxygen atoms in total. The van der Waals surface area contributed by atoms with E-state index >= 15 is 0 Å². The number of carbonyl (C=O) groups excluding carboxylic acids is 2. The third-order valence-electron chi connectivity index (χ3n) is 5.47. The zero-order valence-electron chi connectivity index (χ0n) is 18.3. The van der Waals surface area contributed by atoms with Crippen LogP contribution in [0.3, 0.4) is 0 Å². The molecule has 10 heteroatoms. The first kappa shape index (κ1) is 23.1. The first-order valence-corrected chi connectivity index (χ1v) is 12.7. The van der Waals surface area contributed by atoms with Gasteiger partial charge in [0.05, 0.1) is 15.5 Å². The van der Waals surface area contributed by atoms with Gasteiger partial charge in [0.1, 0.15) is 0 Å². The van der Waals surface area contributed by atoms with Crippen molar-refractivity contribution in [3.8, 4) is 10.4 Å². The van der Waals surface area contributed by atoms with Gasteiger partial charge in [-0.05, 0) is 30.7 Å². The molecule has 1 N–H and O–H groups in total. The number of nitrogens with zero attached hydrogens (tertiary/aromatic N) is 3. The van der Waals surface area contributed by atoms with E-state index in [1.54, 1.807) is 17.0 Å². The van der Waals surface area contributed by atoms with Gasteiger partial charge in [-0.3, -0.25) is 14.9 Å². The summed E-state index contributed by atoms with van der Waals surface area (Å²) in [6.45, 7) is 4.49. The summed E-state index contributed by atoms with van der Waals surface area (Å²) in [7, 11) is -3.78. The lowest BCUT2D eigenvalue weighted by Crippen LogP contribution is -2.49. The highest BCUT2D eigenvalue weighted by molar-refractivity contribution is 7.89. The highest BCUT2D eigenvalue weighted by Gasteiger charge is 2.29. The predicted molar refractivity (Wildman–Crippen MR) is 128 cm³/mol. The van der Waals surface area contributed by atoms with Crippen molar-refractivity contribution in [2.45, 2.75) is 18.7 Å². The smallest absolute Gasteiger partial charge is 0.257 e. The van der Waals surface area contributed by atoms with Crippen molar-refractivity contribution >= 4 is 38.3 Å². The van der Waals surface area contributed by atoms with E-state index in [0.29, 0.717) is 18.2 Å². The van der Waals surface area contributed by atoms with Crippen LogP contribution >= 0.6 is 11.3 Å². The number of hydrogen-bond donors (Lipinski definition) is 1. The van der Waals surface area contributed by atoms with E-state index in [4.69, 9.17) is 0 Å². The SMILES string of the molecule is CC(=O)N1CCN(S(=O)(=O)c2cccc(C(=O)Nc3nc(C)c(-c4ccccc4)s3)c2)CC1. The molecular formula is C23H24N4O4S2. The second-order valence-corrected chi connectivity index (χ2v) is 10.6. The van der Waals surface area contributed by atoms with Crippen LogP contribution in [0.25, 0.3) is 10.4 Å². The van der Waals surface area contributed by atoms with Crippen LogP contribution in [0.15, 0.2) is 59.5 Å². The Morgan fingerprint density at radius 2 is 1.70 bits per heavy atom. The molecule has 0 saturated carbocycles. The van der Waals surface area contributed by atoms with Crippen LogP contribution in [0.1, 0.15) is 23.0 Å². The summed E-state index contributed by atoms with van der Waals surface area (Å²) in [4.78, 5) is 31.4. The molecule has 2 amide bonds. The van der Waals surface area contributed by atoms with Crippen molar-refractivity contribution in [2.75, 3.05) is 31.5 Å². The van der Waals surface area contributed by atoms with Crippen molar-refractivity contribution in [3.05, 3.63) is 65.9 Å². The normalized spacial score (nSPS) is 14.8. The molecule has 0 unspecified atom stereocenters. The Hall–Kier alpha value is -3.08. The molecule has 2 aromatic carbocycles. The molecule has 2 heterocycles. The number of hydrogen-bond acceptors (Lipinski definition) is 6. The average molecular weight is 485 g/mol. The van der Waals surface area contributed by atoms with Crippen molar-refractivity contribution < 1.29 is 18.0 Å². The molecule has 0 atom stereocenters. The average Bonchev–Trinajstić information content (AvgIpc) is 3.19. The van der Waals surface area contributed by atoms with Crippen LogP contribution in [0, 0.1) is 6.92 Å². The molecule has 3 aromatic rings. The van der Waals surface area contributed by atoms with Gasteiger partial charge >= 0.3 is 0 Å². The van der Waals surface area contributed by atoms with E-state index in [1.165, 1.54) is 34.7 Å². The molecular weight excluding hydrogens is 460 g/mol. The number of carbonyl (C=O) groups is 2. The summed E-state index contributed by atoms with van der Waals surface area (Å²) < 4.78 is 27.5. The number of rotatable bonds is 5. The van der Waals surface area contributed by atoms with Gasteiger partial charge < -0.3 is 4.90 Å². The molecule has 4 rings (SSSR count). The summed E-state index contributed by atoms with van der Waals surface area (Å²) in [5.74, 6) is -0.500. The fraction of sp³-hybridized carbons (Fsp3) is 0.261. The molecule has 0 spiro atoms. The molecule has 172 valence electrons. The monoisotopic (exact) mass is 484 g/mol. The van der Waals surface area contributed by atoms with Crippen LogP contribution in [-0.2, 0) is 14.8 Å². The summed E-state index contributed by atoms with van der Waals surface area (Å²) in [6.07, 6.45) is 0. The molecule has 0 aliphatic carbocycles. The van der Waals surface area contributed by atoms with Gasteiger partial charge in [0.2, 0.25) is 15.9 Å². The predicted octanol–water partition coefficient (Wildman–Crippen LogP) is 3.22. The topological polar surface area (TPSA) is 99.7 Å². The van der Waals surface area contributed by atoms with Crippen LogP contribution in [-0.4, -0.2) is 60.6 Å². The lowest BCUT2D eigenvalue weighted by Gasteiger charge is -2.33. The third kappa shape index (κ3) is 4.97. The van der Waals surface area contributed by atoms with Gasteiger partial charge in [-0.1, -0.05) is 47.7 Å². The van der Waals surface area contributed by atoms with Gasteiger partial charge in [-0.25, -0.2) is 13.4 Å². The minimum atomic E-state index is -3.78. The van der Waals surface area contributed by atoms with E-state index in [-0.39, 0.29) is 29.5 Å². The number of benzene rings is 2. The fourth-order valence-corrected chi connectivity index (χ4v) is 6.10. The zero-order chi connectivity index (χ0) is 23.6. The Morgan fingerprint density at radius 3 is 2.36 bits per heavy atom. The van der Waals surface area contributed by atoms with Gasteiger partial charge in [0.25, 0.3) is 5.91 Å². The van der Waals surface area contributed by atoms with Crippen LogP contribution in [0.4, 0.5) is 5.13 Å². The Balaban J connectivity index is 1.50. The number of aryl methyl sites for hydroxylation is 1. The summed E-state index contributed by atoms with van der Waals surface area (Å²) >= 11 is 1.37. The zero-order valence-corrected chi connectivity index (χ0v) is 19.9. The van der Waals surface area contributed by atoms with Gasteiger partial charge in [0.15, 0.2) is 5.13 Å². The maximum absolute atomic E-state index is 13.1. The Kier molecular flexibility index (Phi) is 6.59. The Morgan fingerprint density at radius 1 is 1.00 bits per heavy atom. The quantitative estimate of drug-likeness (QED) is 0.599. The molecule has 1 saturated heterocycles.